The van der Waals surface area contributed by atoms with Gasteiger partial charge in [0.15, 0.2) is 11.5 Å². The van der Waals surface area contributed by atoms with Gasteiger partial charge in [-0.3, -0.25) is 9.59 Å². The van der Waals surface area contributed by atoms with Crippen LogP contribution in [-0.4, -0.2) is 75.4 Å². The van der Waals surface area contributed by atoms with Crippen molar-refractivity contribution in [3.63, 3.8) is 0 Å². The largest absolute Gasteiger partial charge is 0.486 e. The van der Waals surface area contributed by atoms with E-state index in [2.05, 4.69) is 5.32 Å². The van der Waals surface area contributed by atoms with Crippen molar-refractivity contribution < 1.29 is 27.5 Å². The second-order valence-electron chi connectivity index (χ2n) is 6.32. The summed E-state index contributed by atoms with van der Waals surface area (Å²) in [6.07, 6.45) is 0.203. The maximum Gasteiger partial charge on any atom is 0.243 e. The third-order valence-electron chi connectivity index (χ3n) is 4.46. The Morgan fingerprint density at radius 2 is 1.74 bits per heavy atom. The number of amides is 2. The molecule has 0 atom stereocenters. The van der Waals surface area contributed by atoms with Crippen LogP contribution in [0.4, 0.5) is 0 Å². The summed E-state index contributed by atoms with van der Waals surface area (Å²) in [7, 11) is -3.67. The van der Waals surface area contributed by atoms with E-state index in [9.17, 15) is 18.0 Å². The monoisotopic (exact) mass is 397 g/mol. The maximum atomic E-state index is 12.9. The second kappa shape index (κ2) is 8.13. The van der Waals surface area contributed by atoms with E-state index in [1.165, 1.54) is 23.4 Å². The van der Waals surface area contributed by atoms with Crippen molar-refractivity contribution in [1.82, 2.24) is 14.5 Å². The van der Waals surface area contributed by atoms with Crippen LogP contribution in [0.2, 0.25) is 0 Å². The number of rotatable bonds is 5. The quantitative estimate of drug-likeness (QED) is 0.739. The molecule has 0 saturated carbocycles. The molecular weight excluding hydrogens is 374 g/mol. The molecular formula is C17H23N3O6S. The number of ether oxygens (including phenoxy) is 2. The molecule has 0 aromatic heterocycles. The minimum Gasteiger partial charge on any atom is -0.486 e. The van der Waals surface area contributed by atoms with E-state index in [1.807, 2.05) is 0 Å². The molecule has 0 spiro atoms. The van der Waals surface area contributed by atoms with Crippen LogP contribution in [0, 0.1) is 0 Å². The molecule has 1 fully saturated rings. The molecule has 10 heteroatoms. The van der Waals surface area contributed by atoms with E-state index in [0.717, 1.165) is 0 Å². The molecule has 0 unspecified atom stereocenters. The Morgan fingerprint density at radius 3 is 2.41 bits per heavy atom. The van der Waals surface area contributed by atoms with Gasteiger partial charge in [-0.25, -0.2) is 8.42 Å². The summed E-state index contributed by atoms with van der Waals surface area (Å²) in [6, 6.07) is 4.59. The Hall–Kier alpha value is -2.33. The van der Waals surface area contributed by atoms with Crippen LogP contribution in [0.1, 0.15) is 13.3 Å². The molecule has 1 aromatic rings. The van der Waals surface area contributed by atoms with E-state index in [1.54, 1.807) is 11.0 Å². The second-order valence-corrected chi connectivity index (χ2v) is 8.26. The van der Waals surface area contributed by atoms with Gasteiger partial charge in [0.05, 0.1) is 4.90 Å². The van der Waals surface area contributed by atoms with Gasteiger partial charge in [0.1, 0.15) is 13.2 Å². The third-order valence-corrected chi connectivity index (χ3v) is 6.35. The lowest BCUT2D eigenvalue weighted by Gasteiger charge is -2.34. The molecule has 1 N–H and O–H groups in total. The lowest BCUT2D eigenvalue weighted by molar-refractivity contribution is -0.132. The molecule has 2 aliphatic heterocycles. The third kappa shape index (κ3) is 4.51. The molecule has 2 heterocycles. The molecule has 27 heavy (non-hydrogen) atoms. The van der Waals surface area contributed by atoms with Gasteiger partial charge in [-0.1, -0.05) is 0 Å². The van der Waals surface area contributed by atoms with Gasteiger partial charge in [-0.2, -0.15) is 4.31 Å². The van der Waals surface area contributed by atoms with Gasteiger partial charge in [0, 0.05) is 52.1 Å². The van der Waals surface area contributed by atoms with Crippen LogP contribution in [0.3, 0.4) is 0 Å². The highest BCUT2D eigenvalue weighted by Gasteiger charge is 2.31. The van der Waals surface area contributed by atoms with Gasteiger partial charge in [-0.15, -0.1) is 0 Å². The van der Waals surface area contributed by atoms with Gasteiger partial charge in [0.25, 0.3) is 0 Å². The summed E-state index contributed by atoms with van der Waals surface area (Å²) >= 11 is 0. The first-order valence-corrected chi connectivity index (χ1v) is 10.2. The van der Waals surface area contributed by atoms with Crippen LogP contribution >= 0.6 is 0 Å². The highest BCUT2D eigenvalue weighted by molar-refractivity contribution is 7.89. The highest BCUT2D eigenvalue weighted by Crippen LogP contribution is 2.33. The average Bonchev–Trinajstić information content (AvgIpc) is 2.67. The summed E-state index contributed by atoms with van der Waals surface area (Å²) in [5, 5.41) is 2.58. The number of benzene rings is 1. The zero-order chi connectivity index (χ0) is 19.4. The summed E-state index contributed by atoms with van der Waals surface area (Å²) in [4.78, 5) is 24.8. The number of piperazine rings is 1. The topological polar surface area (TPSA) is 105 Å². The molecule has 9 nitrogen and oxygen atoms in total. The molecule has 2 aliphatic rings. The molecule has 1 aromatic carbocycles. The van der Waals surface area contributed by atoms with Gasteiger partial charge in [0.2, 0.25) is 21.8 Å². The Morgan fingerprint density at radius 1 is 1.07 bits per heavy atom. The summed E-state index contributed by atoms with van der Waals surface area (Å²) < 4.78 is 38.0. The van der Waals surface area contributed by atoms with Crippen LogP contribution in [0.15, 0.2) is 23.1 Å². The van der Waals surface area contributed by atoms with Crippen molar-refractivity contribution in [3.05, 3.63) is 18.2 Å². The van der Waals surface area contributed by atoms with Crippen molar-refractivity contribution in [2.75, 3.05) is 45.9 Å². The number of hydrogen-bond acceptors (Lipinski definition) is 6. The smallest absolute Gasteiger partial charge is 0.243 e. The Kier molecular flexibility index (Phi) is 5.85. The standard InChI is InChI=1S/C17H23N3O6S/c1-13(21)18-5-4-17(22)19-6-8-20(9-7-19)27(23,24)14-2-3-15-16(12-14)26-11-10-25-15/h2-3,12H,4-11H2,1H3,(H,18,21). The van der Waals surface area contributed by atoms with E-state index in [4.69, 9.17) is 9.47 Å². The van der Waals surface area contributed by atoms with E-state index < -0.39 is 10.0 Å². The first-order chi connectivity index (χ1) is 12.9. The number of carbonyl (C=O) groups is 2. The Labute approximate surface area is 158 Å². The number of nitrogens with one attached hydrogen (secondary N) is 1. The van der Waals surface area contributed by atoms with Crippen molar-refractivity contribution in [3.8, 4) is 11.5 Å². The molecule has 0 radical (unpaired) electrons. The van der Waals surface area contributed by atoms with Crippen LogP contribution < -0.4 is 14.8 Å². The Bertz CT molecular complexity index is 818. The van der Waals surface area contributed by atoms with Gasteiger partial charge < -0.3 is 19.7 Å². The maximum absolute atomic E-state index is 12.9. The summed E-state index contributed by atoms with van der Waals surface area (Å²) in [5.41, 5.74) is 0. The fraction of sp³-hybridized carbons (Fsp3) is 0.529. The minimum atomic E-state index is -3.67. The number of hydrogen-bond donors (Lipinski definition) is 1. The molecule has 0 bridgehead atoms. The summed E-state index contributed by atoms with van der Waals surface area (Å²) in [5.74, 6) is 0.683. The molecule has 1 saturated heterocycles. The van der Waals surface area contributed by atoms with Gasteiger partial charge in [-0.05, 0) is 12.1 Å². The van der Waals surface area contributed by atoms with Crippen molar-refractivity contribution in [2.45, 2.75) is 18.2 Å². The van der Waals surface area contributed by atoms with Crippen molar-refractivity contribution in [1.29, 1.82) is 0 Å². The molecule has 3 rings (SSSR count). The van der Waals surface area contributed by atoms with Crippen LogP contribution in [0.25, 0.3) is 0 Å². The number of carbonyl (C=O) groups excluding carboxylic acids is 2. The Balaban J connectivity index is 1.60. The molecule has 0 aliphatic carbocycles. The first kappa shape index (κ1) is 19.4. The van der Waals surface area contributed by atoms with Gasteiger partial charge >= 0.3 is 0 Å². The highest BCUT2D eigenvalue weighted by atomic mass is 32.2. The van der Waals surface area contributed by atoms with E-state index in [-0.39, 0.29) is 42.8 Å². The fourth-order valence-corrected chi connectivity index (χ4v) is 4.45. The van der Waals surface area contributed by atoms with E-state index in [0.29, 0.717) is 37.8 Å². The van der Waals surface area contributed by atoms with E-state index >= 15 is 0 Å². The molecule has 148 valence electrons. The number of sulfonamides is 1. The predicted octanol–water partition coefficient (Wildman–Crippen LogP) is -0.183. The normalized spacial score (nSPS) is 17.4. The minimum absolute atomic E-state index is 0.0971. The number of fused-ring (bicyclic) bond motifs is 1. The average molecular weight is 397 g/mol. The first-order valence-electron chi connectivity index (χ1n) is 8.80. The van der Waals surface area contributed by atoms with Crippen molar-refractivity contribution >= 4 is 21.8 Å². The summed E-state index contributed by atoms with van der Waals surface area (Å²) in [6.45, 7) is 3.60. The van der Waals surface area contributed by atoms with Crippen LogP contribution in [0.5, 0.6) is 11.5 Å². The lowest BCUT2D eigenvalue weighted by atomic mass is 10.3. The lowest BCUT2D eigenvalue weighted by Crippen LogP contribution is -2.50. The zero-order valence-electron chi connectivity index (χ0n) is 15.1. The molecule has 2 amide bonds. The predicted molar refractivity (Wildman–Crippen MR) is 96.1 cm³/mol. The zero-order valence-corrected chi connectivity index (χ0v) is 16.0. The SMILES string of the molecule is CC(=O)NCCC(=O)N1CCN(S(=O)(=O)c2ccc3c(c2)OCCO3)CC1. The van der Waals surface area contributed by atoms with Crippen molar-refractivity contribution in [2.24, 2.45) is 0 Å². The number of nitrogens with zero attached hydrogens (tertiary/aromatic N) is 2. The fourth-order valence-electron chi connectivity index (χ4n) is 3.01. The van der Waals surface area contributed by atoms with Crippen LogP contribution in [-0.2, 0) is 19.6 Å².